The standard InChI is InChI=1S/C7H9NO2S.ClH/c9-7(10)3-1-2-6-8-4-5-11-6;/h4-5H,1-3H2,(H,9,10);1H/q+1;/p-1. The molecule has 1 aliphatic rings. The predicted octanol–water partition coefficient (Wildman–Crippen LogP) is -1.80. The molecule has 0 atom stereocenters. The Hall–Kier alpha value is -0.480. The summed E-state index contributed by atoms with van der Waals surface area (Å²) < 4.78 is 0. The summed E-state index contributed by atoms with van der Waals surface area (Å²) in [4.78, 5) is 14.1. The molecule has 0 spiro atoms. The average Bonchev–Trinajstić information content (AvgIpc) is 2.39. The van der Waals surface area contributed by atoms with Crippen LogP contribution in [0, 0.1) is 0 Å². The molecule has 0 aromatic carbocycles. The zero-order chi connectivity index (χ0) is 8.10. The van der Waals surface area contributed by atoms with Crippen molar-refractivity contribution >= 4 is 22.8 Å². The molecule has 0 unspecified atom stereocenters. The molecule has 0 bridgehead atoms. The highest BCUT2D eigenvalue weighted by Gasteiger charge is 2.14. The van der Waals surface area contributed by atoms with Crippen LogP contribution in [0.4, 0.5) is 0 Å². The van der Waals surface area contributed by atoms with Gasteiger partial charge in [-0.1, -0.05) is 0 Å². The lowest BCUT2D eigenvalue weighted by atomic mass is 10.2. The Bertz CT molecular complexity index is 215. The molecule has 5 heteroatoms. The van der Waals surface area contributed by atoms with Gasteiger partial charge >= 0.3 is 5.97 Å². The van der Waals surface area contributed by atoms with Crippen molar-refractivity contribution in [2.75, 3.05) is 0 Å². The maximum absolute atomic E-state index is 10.1. The van der Waals surface area contributed by atoms with Gasteiger partial charge in [-0.2, -0.15) is 0 Å². The second-order valence-corrected chi connectivity index (χ2v) is 3.15. The van der Waals surface area contributed by atoms with Crippen molar-refractivity contribution in [3.8, 4) is 0 Å². The lowest BCUT2D eigenvalue weighted by Crippen LogP contribution is -3.00. The Labute approximate surface area is 81.4 Å². The first kappa shape index (κ1) is 11.5. The van der Waals surface area contributed by atoms with Crippen LogP contribution in [0.2, 0.25) is 0 Å². The number of thioether (sulfide) groups is 1. The molecule has 1 rings (SSSR count). The minimum atomic E-state index is -0.735. The zero-order valence-electron chi connectivity index (χ0n) is 6.36. The minimum Gasteiger partial charge on any atom is -1.00 e. The van der Waals surface area contributed by atoms with Crippen molar-refractivity contribution in [1.29, 1.82) is 0 Å². The Morgan fingerprint density at radius 1 is 1.67 bits per heavy atom. The Morgan fingerprint density at radius 2 is 2.42 bits per heavy atom. The molecule has 0 aromatic heterocycles. The third kappa shape index (κ3) is 4.41. The van der Waals surface area contributed by atoms with E-state index in [9.17, 15) is 4.79 Å². The number of carbonyl (C=O) groups is 1. The highest BCUT2D eigenvalue weighted by atomic mass is 35.5. The van der Waals surface area contributed by atoms with E-state index in [1.807, 2.05) is 5.41 Å². The fraction of sp³-hybridized carbons (Fsp3) is 0.429. The summed E-state index contributed by atoms with van der Waals surface area (Å²) in [5, 5.41) is 11.2. The predicted molar refractivity (Wildman–Crippen MR) is 45.4 cm³/mol. The number of hydrogen-bond donors (Lipinski definition) is 1. The van der Waals surface area contributed by atoms with Crippen LogP contribution in [0.1, 0.15) is 19.3 Å². The maximum Gasteiger partial charge on any atom is 0.303 e. The van der Waals surface area contributed by atoms with E-state index < -0.39 is 5.97 Å². The lowest BCUT2D eigenvalue weighted by Gasteiger charge is -1.88. The number of aliphatic carboxylic acids is 1. The number of halogens is 1. The van der Waals surface area contributed by atoms with E-state index in [4.69, 9.17) is 5.11 Å². The number of carboxylic acid groups (broad SMARTS) is 1. The molecule has 0 saturated heterocycles. The number of rotatable bonds is 4. The first-order valence-corrected chi connectivity index (χ1v) is 4.27. The molecule has 1 aliphatic heterocycles. The molecule has 1 heterocycles. The fourth-order valence-electron chi connectivity index (χ4n) is 0.767. The molecule has 0 fully saturated rings. The van der Waals surface area contributed by atoms with Gasteiger partial charge in [0.15, 0.2) is 0 Å². The largest absolute Gasteiger partial charge is 1.00 e. The number of aliphatic imine (C=N–C) groups is 1. The number of hydrogen-bond acceptors (Lipinski definition) is 3. The zero-order valence-corrected chi connectivity index (χ0v) is 7.94. The van der Waals surface area contributed by atoms with Gasteiger partial charge in [-0.15, -0.1) is 0 Å². The molecule has 0 aliphatic carbocycles. The van der Waals surface area contributed by atoms with E-state index in [0.717, 1.165) is 11.5 Å². The molecule has 1 radical (unpaired) electrons. The van der Waals surface area contributed by atoms with Crippen molar-refractivity contribution in [3.05, 3.63) is 11.6 Å². The third-order valence-corrected chi connectivity index (χ3v) is 2.10. The first-order chi connectivity index (χ1) is 5.29. The van der Waals surface area contributed by atoms with Crippen molar-refractivity contribution in [3.63, 3.8) is 0 Å². The van der Waals surface area contributed by atoms with Crippen LogP contribution >= 0.6 is 11.8 Å². The molecular weight excluding hydrogens is 198 g/mol. The van der Waals surface area contributed by atoms with Crippen LogP contribution in [0.3, 0.4) is 0 Å². The molecule has 67 valence electrons. The van der Waals surface area contributed by atoms with Crippen molar-refractivity contribution in [1.82, 2.24) is 4.99 Å². The van der Waals surface area contributed by atoms with Gasteiger partial charge in [-0.3, -0.25) is 4.79 Å². The summed E-state index contributed by atoms with van der Waals surface area (Å²) in [5.74, 6) is -0.735. The quantitative estimate of drug-likeness (QED) is 0.591. The van der Waals surface area contributed by atoms with E-state index in [1.54, 1.807) is 18.0 Å². The van der Waals surface area contributed by atoms with Gasteiger partial charge in [0.05, 0.1) is 10.4 Å². The fourth-order valence-corrected chi connectivity index (χ4v) is 1.43. The van der Waals surface area contributed by atoms with Crippen LogP contribution in [0.15, 0.2) is 11.6 Å². The van der Waals surface area contributed by atoms with Crippen molar-refractivity contribution < 1.29 is 22.3 Å². The minimum absolute atomic E-state index is 0. The van der Waals surface area contributed by atoms with Crippen LogP contribution < -0.4 is 17.4 Å². The van der Waals surface area contributed by atoms with E-state index in [0.29, 0.717) is 6.42 Å². The number of nitrogens with zero attached hydrogens (tertiary/aromatic N) is 1. The van der Waals surface area contributed by atoms with E-state index in [-0.39, 0.29) is 18.8 Å². The van der Waals surface area contributed by atoms with Crippen LogP contribution in [0.5, 0.6) is 0 Å². The highest BCUT2D eigenvalue weighted by Crippen LogP contribution is 2.13. The Balaban J connectivity index is 0.00000121. The first-order valence-electron chi connectivity index (χ1n) is 3.39. The maximum atomic E-state index is 10.1. The van der Waals surface area contributed by atoms with Gasteiger partial charge in [-0.25, -0.2) is 0 Å². The summed E-state index contributed by atoms with van der Waals surface area (Å²) >= 11 is 1.57. The van der Waals surface area contributed by atoms with Crippen LogP contribution in [-0.4, -0.2) is 16.1 Å². The van der Waals surface area contributed by atoms with Crippen molar-refractivity contribution in [2.45, 2.75) is 19.3 Å². The van der Waals surface area contributed by atoms with Gasteiger partial charge < -0.3 is 17.5 Å². The molecular formula is C7H9ClNO2S. The van der Waals surface area contributed by atoms with E-state index in [1.165, 1.54) is 0 Å². The van der Waals surface area contributed by atoms with Crippen LogP contribution in [-0.2, 0) is 4.79 Å². The number of carboxylic acids is 1. The third-order valence-electron chi connectivity index (χ3n) is 1.26. The monoisotopic (exact) mass is 206 g/mol. The molecule has 12 heavy (non-hydrogen) atoms. The topological polar surface area (TPSA) is 51.4 Å². The van der Waals surface area contributed by atoms with Gasteiger partial charge in [0.2, 0.25) is 6.20 Å². The average molecular weight is 207 g/mol. The summed E-state index contributed by atoms with van der Waals surface area (Å²) in [6, 6.07) is 0. The highest BCUT2D eigenvalue weighted by molar-refractivity contribution is 8.16. The van der Waals surface area contributed by atoms with Crippen LogP contribution in [0.25, 0.3) is 0 Å². The molecule has 3 nitrogen and oxygen atoms in total. The van der Waals surface area contributed by atoms with Gasteiger partial charge in [0, 0.05) is 12.8 Å². The van der Waals surface area contributed by atoms with Gasteiger partial charge in [0.1, 0.15) is 0 Å². The second-order valence-electron chi connectivity index (χ2n) is 2.17. The molecule has 1 N–H and O–H groups in total. The van der Waals surface area contributed by atoms with Crippen molar-refractivity contribution in [2.24, 2.45) is 0 Å². The van der Waals surface area contributed by atoms with E-state index >= 15 is 0 Å². The molecule has 0 amide bonds. The molecule has 0 aromatic rings. The summed E-state index contributed by atoms with van der Waals surface area (Å²) in [5.41, 5.74) is 0. The summed E-state index contributed by atoms with van der Waals surface area (Å²) in [6.07, 6.45) is 3.44. The Kier molecular flexibility index (Phi) is 5.84. The normalized spacial score (nSPS) is 13.8. The van der Waals surface area contributed by atoms with Gasteiger partial charge in [-0.05, 0) is 18.2 Å². The summed E-state index contributed by atoms with van der Waals surface area (Å²) in [6.45, 7) is 0. The lowest BCUT2D eigenvalue weighted by molar-refractivity contribution is -0.137. The molecule has 0 saturated carbocycles. The van der Waals surface area contributed by atoms with Gasteiger partial charge in [0.25, 0.3) is 5.04 Å². The Morgan fingerprint density at radius 3 is 2.92 bits per heavy atom. The second kappa shape index (κ2) is 6.08. The SMILES string of the molecule is O=C(O)CCCC1=[N+]C=CS1.[Cl-]. The summed E-state index contributed by atoms with van der Waals surface area (Å²) in [7, 11) is 0. The smallest absolute Gasteiger partial charge is 0.303 e. The van der Waals surface area contributed by atoms with E-state index in [2.05, 4.69) is 4.99 Å².